The second-order valence-corrected chi connectivity index (χ2v) is 3.65. The van der Waals surface area contributed by atoms with Crippen molar-refractivity contribution >= 4 is 0 Å². The summed E-state index contributed by atoms with van der Waals surface area (Å²) in [6.45, 7) is 4.34. The van der Waals surface area contributed by atoms with Crippen molar-refractivity contribution < 1.29 is 5.11 Å². The molecule has 1 heteroatoms. The molecule has 1 aliphatic carbocycles. The molecule has 10 heavy (non-hydrogen) atoms. The van der Waals surface area contributed by atoms with Gasteiger partial charge in [-0.25, -0.2) is 0 Å². The molecule has 1 saturated carbocycles. The van der Waals surface area contributed by atoms with Gasteiger partial charge in [0.15, 0.2) is 0 Å². The minimum Gasteiger partial charge on any atom is -0.393 e. The van der Waals surface area contributed by atoms with Gasteiger partial charge in [0.05, 0.1) is 6.10 Å². The molecule has 0 aliphatic heterocycles. The van der Waals surface area contributed by atoms with Crippen LogP contribution in [0.4, 0.5) is 0 Å². The molecule has 0 spiro atoms. The first kappa shape index (κ1) is 8.06. The highest BCUT2D eigenvalue weighted by atomic mass is 16.3. The molecular weight excluding hydrogens is 124 g/mol. The van der Waals surface area contributed by atoms with Crippen molar-refractivity contribution in [2.45, 2.75) is 45.6 Å². The van der Waals surface area contributed by atoms with Gasteiger partial charge in [-0.15, -0.1) is 0 Å². The molecule has 1 fully saturated rings. The van der Waals surface area contributed by atoms with Crippen LogP contribution in [0.2, 0.25) is 0 Å². The first-order valence-corrected chi connectivity index (χ1v) is 4.42. The second-order valence-electron chi connectivity index (χ2n) is 3.65. The van der Waals surface area contributed by atoms with Crippen LogP contribution >= 0.6 is 0 Å². The van der Waals surface area contributed by atoms with E-state index in [0.717, 1.165) is 12.3 Å². The summed E-state index contributed by atoms with van der Waals surface area (Å²) < 4.78 is 0. The monoisotopic (exact) mass is 142 g/mol. The summed E-state index contributed by atoms with van der Waals surface area (Å²) >= 11 is 0. The Morgan fingerprint density at radius 3 is 2.60 bits per heavy atom. The summed E-state index contributed by atoms with van der Waals surface area (Å²) in [6.07, 6.45) is 4.72. The van der Waals surface area contributed by atoms with E-state index in [-0.39, 0.29) is 6.10 Å². The number of aliphatic hydroxyl groups excluding tert-OH is 1. The molecule has 1 nitrogen and oxygen atoms in total. The molecule has 3 atom stereocenters. The zero-order valence-corrected chi connectivity index (χ0v) is 7.01. The minimum absolute atomic E-state index is 0.0232. The van der Waals surface area contributed by atoms with E-state index in [0.29, 0.717) is 5.92 Å². The SMILES string of the molecule is CCC(O)C1CCC(C)C1. The summed E-state index contributed by atoms with van der Waals surface area (Å²) in [7, 11) is 0. The molecule has 0 amide bonds. The molecule has 0 aromatic rings. The number of aliphatic hydroxyl groups is 1. The third-order valence-electron chi connectivity index (χ3n) is 2.70. The molecule has 3 unspecified atom stereocenters. The molecule has 0 radical (unpaired) electrons. The Bertz CT molecular complexity index is 101. The molecule has 1 rings (SSSR count). The first-order chi connectivity index (χ1) is 4.74. The quantitative estimate of drug-likeness (QED) is 0.626. The maximum absolute atomic E-state index is 9.48. The van der Waals surface area contributed by atoms with Gasteiger partial charge in [-0.1, -0.05) is 20.3 Å². The average molecular weight is 142 g/mol. The van der Waals surface area contributed by atoms with E-state index in [1.54, 1.807) is 0 Å². The van der Waals surface area contributed by atoms with Crippen LogP contribution in [0.15, 0.2) is 0 Å². The molecule has 1 aliphatic rings. The highest BCUT2D eigenvalue weighted by Gasteiger charge is 2.25. The van der Waals surface area contributed by atoms with Crippen molar-refractivity contribution in [3.8, 4) is 0 Å². The maximum atomic E-state index is 9.48. The van der Waals surface area contributed by atoms with Crippen LogP contribution in [0.25, 0.3) is 0 Å². The van der Waals surface area contributed by atoms with Crippen LogP contribution in [0.3, 0.4) is 0 Å². The van der Waals surface area contributed by atoms with Crippen LogP contribution in [0.5, 0.6) is 0 Å². The van der Waals surface area contributed by atoms with Crippen LogP contribution in [-0.4, -0.2) is 11.2 Å². The van der Waals surface area contributed by atoms with Gasteiger partial charge in [0.25, 0.3) is 0 Å². The fourth-order valence-corrected chi connectivity index (χ4v) is 1.93. The van der Waals surface area contributed by atoms with Crippen molar-refractivity contribution in [3.05, 3.63) is 0 Å². The van der Waals surface area contributed by atoms with Gasteiger partial charge in [-0.05, 0) is 31.1 Å². The summed E-state index contributed by atoms with van der Waals surface area (Å²) in [6, 6.07) is 0. The predicted octanol–water partition coefficient (Wildman–Crippen LogP) is 2.19. The van der Waals surface area contributed by atoms with E-state index >= 15 is 0 Å². The van der Waals surface area contributed by atoms with Crippen LogP contribution in [0.1, 0.15) is 39.5 Å². The van der Waals surface area contributed by atoms with Gasteiger partial charge in [-0.2, -0.15) is 0 Å². The molecule has 0 heterocycles. The third kappa shape index (κ3) is 1.72. The standard InChI is InChI=1S/C9H18O/c1-3-9(10)8-5-4-7(2)6-8/h7-10H,3-6H2,1-2H3. The Kier molecular flexibility index (Phi) is 2.72. The second kappa shape index (κ2) is 3.38. The molecule has 0 saturated heterocycles. The van der Waals surface area contributed by atoms with E-state index in [1.807, 2.05) is 0 Å². The van der Waals surface area contributed by atoms with E-state index < -0.39 is 0 Å². The van der Waals surface area contributed by atoms with Crippen LogP contribution < -0.4 is 0 Å². The van der Waals surface area contributed by atoms with Crippen molar-refractivity contribution in [3.63, 3.8) is 0 Å². The largest absolute Gasteiger partial charge is 0.393 e. The number of hydrogen-bond acceptors (Lipinski definition) is 1. The van der Waals surface area contributed by atoms with Gasteiger partial charge >= 0.3 is 0 Å². The lowest BCUT2D eigenvalue weighted by molar-refractivity contribution is 0.105. The zero-order chi connectivity index (χ0) is 7.56. The van der Waals surface area contributed by atoms with Crippen molar-refractivity contribution in [2.24, 2.45) is 11.8 Å². The lowest BCUT2D eigenvalue weighted by atomic mass is 9.98. The Morgan fingerprint density at radius 2 is 2.20 bits per heavy atom. The van der Waals surface area contributed by atoms with Crippen molar-refractivity contribution in [1.82, 2.24) is 0 Å². The van der Waals surface area contributed by atoms with Gasteiger partial charge in [0.1, 0.15) is 0 Å². The lowest BCUT2D eigenvalue weighted by Gasteiger charge is -2.15. The lowest BCUT2D eigenvalue weighted by Crippen LogP contribution is -2.16. The minimum atomic E-state index is -0.0232. The molecular formula is C9H18O. The van der Waals surface area contributed by atoms with Gasteiger partial charge < -0.3 is 5.11 Å². The van der Waals surface area contributed by atoms with E-state index in [4.69, 9.17) is 0 Å². The summed E-state index contributed by atoms with van der Waals surface area (Å²) in [5, 5.41) is 9.48. The molecule has 0 aromatic heterocycles. The summed E-state index contributed by atoms with van der Waals surface area (Å²) in [4.78, 5) is 0. The summed E-state index contributed by atoms with van der Waals surface area (Å²) in [5.74, 6) is 1.46. The molecule has 1 N–H and O–H groups in total. The van der Waals surface area contributed by atoms with E-state index in [9.17, 15) is 5.11 Å². The Balaban J connectivity index is 2.29. The zero-order valence-electron chi connectivity index (χ0n) is 7.01. The first-order valence-electron chi connectivity index (χ1n) is 4.42. The van der Waals surface area contributed by atoms with E-state index in [1.165, 1.54) is 19.3 Å². The maximum Gasteiger partial charge on any atom is 0.0565 e. The van der Waals surface area contributed by atoms with Crippen molar-refractivity contribution in [2.75, 3.05) is 0 Å². The Labute approximate surface area is 63.4 Å². The smallest absolute Gasteiger partial charge is 0.0565 e. The molecule has 60 valence electrons. The normalized spacial score (nSPS) is 36.3. The predicted molar refractivity (Wildman–Crippen MR) is 42.8 cm³/mol. The Hall–Kier alpha value is -0.0400. The Morgan fingerprint density at radius 1 is 1.50 bits per heavy atom. The van der Waals surface area contributed by atoms with Crippen LogP contribution in [0, 0.1) is 11.8 Å². The van der Waals surface area contributed by atoms with Crippen molar-refractivity contribution in [1.29, 1.82) is 0 Å². The van der Waals surface area contributed by atoms with Gasteiger partial charge in [-0.3, -0.25) is 0 Å². The topological polar surface area (TPSA) is 20.2 Å². The fraction of sp³-hybridized carbons (Fsp3) is 1.00. The molecule has 0 bridgehead atoms. The average Bonchev–Trinajstić information content (AvgIpc) is 2.34. The van der Waals surface area contributed by atoms with Gasteiger partial charge in [0, 0.05) is 0 Å². The highest BCUT2D eigenvalue weighted by molar-refractivity contribution is 4.77. The van der Waals surface area contributed by atoms with Gasteiger partial charge in [0.2, 0.25) is 0 Å². The van der Waals surface area contributed by atoms with E-state index in [2.05, 4.69) is 13.8 Å². The number of rotatable bonds is 2. The number of hydrogen-bond donors (Lipinski definition) is 1. The highest BCUT2D eigenvalue weighted by Crippen LogP contribution is 2.33. The third-order valence-corrected chi connectivity index (χ3v) is 2.70. The van der Waals surface area contributed by atoms with Crippen LogP contribution in [-0.2, 0) is 0 Å². The molecule has 0 aromatic carbocycles. The summed E-state index contributed by atoms with van der Waals surface area (Å²) in [5.41, 5.74) is 0. The fourth-order valence-electron chi connectivity index (χ4n) is 1.93.